The number of rotatable bonds is 6. The summed E-state index contributed by atoms with van der Waals surface area (Å²) in [5.74, 6) is -0.111. The molecule has 1 aromatic heterocycles. The number of thiazole rings is 1. The van der Waals surface area contributed by atoms with Crippen LogP contribution in [0.15, 0.2) is 42.5 Å². The number of nitrogens with one attached hydrogen (secondary N) is 3. The van der Waals surface area contributed by atoms with Gasteiger partial charge < -0.3 is 20.7 Å². The van der Waals surface area contributed by atoms with Crippen molar-refractivity contribution in [3.63, 3.8) is 0 Å². The molecule has 0 aliphatic carbocycles. The highest BCUT2D eigenvalue weighted by molar-refractivity contribution is 7.22. The van der Waals surface area contributed by atoms with E-state index in [9.17, 15) is 14.0 Å². The first kappa shape index (κ1) is 18.6. The van der Waals surface area contributed by atoms with E-state index < -0.39 is 11.9 Å². The van der Waals surface area contributed by atoms with E-state index in [1.54, 1.807) is 25.3 Å². The van der Waals surface area contributed by atoms with Crippen LogP contribution < -0.4 is 20.7 Å². The topological polar surface area (TPSA) is 92.4 Å². The molecule has 0 fully saturated rings. The van der Waals surface area contributed by atoms with Crippen LogP contribution in [0.25, 0.3) is 10.2 Å². The SMILES string of the molecule is COc1cccc2sc(NC(=O)CNC(=O)NCc3ccc(F)cc3)nc12. The van der Waals surface area contributed by atoms with Crippen molar-refractivity contribution in [1.29, 1.82) is 0 Å². The second-order valence-corrected chi connectivity index (χ2v) is 6.57. The third-order valence-corrected chi connectivity index (χ3v) is 4.56. The number of benzene rings is 2. The number of amides is 3. The molecule has 0 atom stereocenters. The van der Waals surface area contributed by atoms with Gasteiger partial charge in [-0.05, 0) is 29.8 Å². The van der Waals surface area contributed by atoms with E-state index in [1.165, 1.54) is 23.5 Å². The van der Waals surface area contributed by atoms with E-state index in [-0.39, 0.29) is 18.9 Å². The highest BCUT2D eigenvalue weighted by Crippen LogP contribution is 2.31. The maximum Gasteiger partial charge on any atom is 0.315 e. The summed E-state index contributed by atoms with van der Waals surface area (Å²) in [5.41, 5.74) is 1.42. The summed E-state index contributed by atoms with van der Waals surface area (Å²) in [6.45, 7) is 0.0215. The summed E-state index contributed by atoms with van der Waals surface area (Å²) < 4.78 is 19.0. The summed E-state index contributed by atoms with van der Waals surface area (Å²) in [4.78, 5) is 28.1. The average Bonchev–Trinajstić information content (AvgIpc) is 3.08. The van der Waals surface area contributed by atoms with Crippen LogP contribution in [0.3, 0.4) is 0 Å². The average molecular weight is 388 g/mol. The third kappa shape index (κ3) is 4.91. The number of ether oxygens (including phenoxy) is 1. The molecule has 0 unspecified atom stereocenters. The van der Waals surface area contributed by atoms with Gasteiger partial charge in [0.15, 0.2) is 5.13 Å². The lowest BCUT2D eigenvalue weighted by molar-refractivity contribution is -0.115. The summed E-state index contributed by atoms with van der Waals surface area (Å²) in [5, 5.41) is 8.12. The number of carbonyl (C=O) groups is 2. The molecule has 0 spiro atoms. The Labute approximate surface area is 158 Å². The molecule has 3 rings (SSSR count). The molecular formula is C18H17FN4O3S. The third-order valence-electron chi connectivity index (χ3n) is 3.62. The van der Waals surface area contributed by atoms with Gasteiger partial charge in [-0.25, -0.2) is 14.2 Å². The number of halogens is 1. The van der Waals surface area contributed by atoms with Gasteiger partial charge in [-0.15, -0.1) is 0 Å². The monoisotopic (exact) mass is 388 g/mol. The number of para-hydroxylation sites is 1. The van der Waals surface area contributed by atoms with Gasteiger partial charge in [0.2, 0.25) is 5.91 Å². The van der Waals surface area contributed by atoms with Gasteiger partial charge in [-0.2, -0.15) is 0 Å². The molecule has 3 aromatic rings. The molecular weight excluding hydrogens is 371 g/mol. The fourth-order valence-corrected chi connectivity index (χ4v) is 3.21. The van der Waals surface area contributed by atoms with Crippen LogP contribution in [-0.4, -0.2) is 30.6 Å². The lowest BCUT2D eigenvalue weighted by Crippen LogP contribution is -2.39. The van der Waals surface area contributed by atoms with Gasteiger partial charge in [-0.1, -0.05) is 29.5 Å². The number of anilines is 1. The Kier molecular flexibility index (Phi) is 5.82. The van der Waals surface area contributed by atoms with E-state index in [0.29, 0.717) is 16.4 Å². The molecule has 1 heterocycles. The zero-order valence-electron chi connectivity index (χ0n) is 14.4. The van der Waals surface area contributed by atoms with E-state index in [0.717, 1.165) is 10.3 Å². The summed E-state index contributed by atoms with van der Waals surface area (Å²) >= 11 is 1.32. The van der Waals surface area contributed by atoms with Crippen molar-refractivity contribution in [2.24, 2.45) is 0 Å². The van der Waals surface area contributed by atoms with E-state index >= 15 is 0 Å². The van der Waals surface area contributed by atoms with Crippen molar-refractivity contribution in [3.8, 4) is 5.75 Å². The fraction of sp³-hybridized carbons (Fsp3) is 0.167. The van der Waals surface area contributed by atoms with E-state index in [1.807, 2.05) is 12.1 Å². The van der Waals surface area contributed by atoms with Crippen LogP contribution in [0, 0.1) is 5.82 Å². The highest BCUT2D eigenvalue weighted by Gasteiger charge is 2.11. The molecule has 2 aromatic carbocycles. The molecule has 9 heteroatoms. The predicted octanol–water partition coefficient (Wildman–Crippen LogP) is 2.88. The number of hydrogen-bond donors (Lipinski definition) is 3. The van der Waals surface area contributed by atoms with Crippen molar-refractivity contribution in [2.75, 3.05) is 19.0 Å². The zero-order chi connectivity index (χ0) is 19.2. The minimum absolute atomic E-state index is 0.206. The Morgan fingerprint density at radius 2 is 1.93 bits per heavy atom. The molecule has 0 aliphatic rings. The Morgan fingerprint density at radius 3 is 2.67 bits per heavy atom. The maximum absolute atomic E-state index is 12.8. The summed E-state index contributed by atoms with van der Waals surface area (Å²) in [7, 11) is 1.56. The van der Waals surface area contributed by atoms with E-state index in [2.05, 4.69) is 20.9 Å². The highest BCUT2D eigenvalue weighted by atomic mass is 32.1. The molecule has 27 heavy (non-hydrogen) atoms. The molecule has 7 nitrogen and oxygen atoms in total. The molecule has 0 saturated heterocycles. The molecule has 3 amide bonds. The van der Waals surface area contributed by atoms with Gasteiger partial charge in [0.25, 0.3) is 0 Å². The minimum Gasteiger partial charge on any atom is -0.494 e. The van der Waals surface area contributed by atoms with Crippen molar-refractivity contribution < 1.29 is 18.7 Å². The largest absolute Gasteiger partial charge is 0.494 e. The number of urea groups is 1. The van der Waals surface area contributed by atoms with Crippen molar-refractivity contribution in [2.45, 2.75) is 6.54 Å². The van der Waals surface area contributed by atoms with Gasteiger partial charge in [-0.3, -0.25) is 4.79 Å². The molecule has 0 bridgehead atoms. The van der Waals surface area contributed by atoms with Gasteiger partial charge in [0, 0.05) is 6.54 Å². The Hall–Kier alpha value is -3.20. The zero-order valence-corrected chi connectivity index (χ0v) is 15.2. The predicted molar refractivity (Wildman–Crippen MR) is 101 cm³/mol. The lowest BCUT2D eigenvalue weighted by Gasteiger charge is -2.07. The summed E-state index contributed by atoms with van der Waals surface area (Å²) in [6.07, 6.45) is 0. The molecule has 0 radical (unpaired) electrons. The van der Waals surface area contributed by atoms with Gasteiger partial charge in [0.1, 0.15) is 17.1 Å². The number of nitrogens with zero attached hydrogens (tertiary/aromatic N) is 1. The lowest BCUT2D eigenvalue weighted by atomic mass is 10.2. The number of hydrogen-bond acceptors (Lipinski definition) is 5. The first-order valence-electron chi connectivity index (χ1n) is 8.04. The van der Waals surface area contributed by atoms with Gasteiger partial charge >= 0.3 is 6.03 Å². The quantitative estimate of drug-likeness (QED) is 0.605. The molecule has 0 aliphatic heterocycles. The van der Waals surface area contributed by atoms with Crippen LogP contribution >= 0.6 is 11.3 Å². The first-order valence-corrected chi connectivity index (χ1v) is 8.86. The number of carbonyl (C=O) groups excluding carboxylic acids is 2. The second-order valence-electron chi connectivity index (χ2n) is 5.54. The van der Waals surface area contributed by atoms with Crippen LogP contribution in [0.1, 0.15) is 5.56 Å². The molecule has 3 N–H and O–H groups in total. The normalized spacial score (nSPS) is 10.4. The number of fused-ring (bicyclic) bond motifs is 1. The Morgan fingerprint density at radius 1 is 1.15 bits per heavy atom. The van der Waals surface area contributed by atoms with E-state index in [4.69, 9.17) is 4.74 Å². The summed E-state index contributed by atoms with van der Waals surface area (Å²) in [6, 6.07) is 10.8. The number of aromatic nitrogens is 1. The smallest absolute Gasteiger partial charge is 0.315 e. The van der Waals surface area contributed by atoms with Crippen LogP contribution in [0.5, 0.6) is 5.75 Å². The van der Waals surface area contributed by atoms with Crippen molar-refractivity contribution in [3.05, 3.63) is 53.8 Å². The van der Waals surface area contributed by atoms with Crippen LogP contribution in [0.4, 0.5) is 14.3 Å². The number of methoxy groups -OCH3 is 1. The fourth-order valence-electron chi connectivity index (χ4n) is 2.31. The molecule has 140 valence electrons. The first-order chi connectivity index (χ1) is 13.0. The Balaban J connectivity index is 1.48. The van der Waals surface area contributed by atoms with Crippen molar-refractivity contribution >= 4 is 38.6 Å². The maximum atomic E-state index is 12.8. The van der Waals surface area contributed by atoms with Gasteiger partial charge in [0.05, 0.1) is 18.4 Å². The minimum atomic E-state index is -0.500. The van der Waals surface area contributed by atoms with Crippen LogP contribution in [-0.2, 0) is 11.3 Å². The second kappa shape index (κ2) is 8.45. The Bertz CT molecular complexity index is 959. The molecule has 0 saturated carbocycles. The van der Waals surface area contributed by atoms with Crippen LogP contribution in [0.2, 0.25) is 0 Å². The standard InChI is InChI=1S/C18H17FN4O3S/c1-26-13-3-2-4-14-16(13)23-18(27-14)22-15(24)10-21-17(25)20-9-11-5-7-12(19)8-6-11/h2-8H,9-10H2,1H3,(H2,20,21,25)(H,22,23,24). The van der Waals surface area contributed by atoms with Crippen molar-refractivity contribution in [1.82, 2.24) is 15.6 Å².